The van der Waals surface area contributed by atoms with Gasteiger partial charge in [0.1, 0.15) is 17.9 Å². The zero-order valence-electron chi connectivity index (χ0n) is 13.6. The second-order valence-electron chi connectivity index (χ2n) is 4.70. The maximum absolute atomic E-state index is 12.0. The van der Waals surface area contributed by atoms with Crippen molar-refractivity contribution < 1.29 is 19.1 Å². The molecule has 0 saturated heterocycles. The summed E-state index contributed by atoms with van der Waals surface area (Å²) in [5, 5.41) is 2.82. The number of nitrogens with zero attached hydrogens (tertiary/aromatic N) is 2. The van der Waals surface area contributed by atoms with E-state index in [9.17, 15) is 9.59 Å². The van der Waals surface area contributed by atoms with E-state index in [1.165, 1.54) is 6.20 Å². The number of rotatable bonds is 7. The predicted molar refractivity (Wildman–Crippen MR) is 88.5 cm³/mol. The number of carbonyl (C=O) groups excluding carboxylic acids is 2. The third kappa shape index (κ3) is 4.52. The largest absolute Gasteiger partial charge is 0.465 e. The number of nitrogens with one attached hydrogen (secondary N) is 1. The molecule has 0 aliphatic carbocycles. The van der Waals surface area contributed by atoms with Gasteiger partial charge in [0.05, 0.1) is 13.2 Å². The number of esters is 2. The van der Waals surface area contributed by atoms with E-state index in [1.807, 2.05) is 30.3 Å². The number of benzene rings is 1. The summed E-state index contributed by atoms with van der Waals surface area (Å²) >= 11 is 0. The van der Waals surface area contributed by atoms with Crippen molar-refractivity contribution in [2.24, 2.45) is 0 Å². The van der Waals surface area contributed by atoms with Gasteiger partial charge in [-0.2, -0.15) is 0 Å². The molecule has 0 spiro atoms. The first-order valence-corrected chi connectivity index (χ1v) is 7.64. The van der Waals surface area contributed by atoms with Crippen molar-refractivity contribution in [1.82, 2.24) is 9.97 Å². The molecule has 24 heavy (non-hydrogen) atoms. The second-order valence-corrected chi connectivity index (χ2v) is 4.70. The Labute approximate surface area is 140 Å². The fourth-order valence-electron chi connectivity index (χ4n) is 1.97. The molecule has 0 unspecified atom stereocenters. The first kappa shape index (κ1) is 17.4. The quantitative estimate of drug-likeness (QED) is 0.779. The van der Waals surface area contributed by atoms with E-state index in [0.717, 1.165) is 5.56 Å². The van der Waals surface area contributed by atoms with Gasteiger partial charge in [0.25, 0.3) is 0 Å². The van der Waals surface area contributed by atoms with Crippen LogP contribution in [0.15, 0.2) is 36.5 Å². The van der Waals surface area contributed by atoms with Gasteiger partial charge in [-0.3, -0.25) is 4.79 Å². The summed E-state index contributed by atoms with van der Waals surface area (Å²) in [6.45, 7) is 3.84. The lowest BCUT2D eigenvalue weighted by atomic mass is 10.2. The lowest BCUT2D eigenvalue weighted by molar-refractivity contribution is -0.140. The second kappa shape index (κ2) is 8.61. The summed E-state index contributed by atoms with van der Waals surface area (Å²) in [5.74, 6) is -0.319. The average molecular weight is 329 g/mol. The smallest absolute Gasteiger partial charge is 0.343 e. The monoisotopic (exact) mass is 329 g/mol. The molecule has 2 rings (SSSR count). The molecule has 0 amide bonds. The normalized spacial score (nSPS) is 10.1. The van der Waals surface area contributed by atoms with Gasteiger partial charge in [-0.1, -0.05) is 30.3 Å². The Balaban J connectivity index is 2.30. The molecule has 1 aromatic heterocycles. The van der Waals surface area contributed by atoms with Crippen LogP contribution in [-0.2, 0) is 14.3 Å². The third-order valence-electron chi connectivity index (χ3n) is 3.02. The molecular weight excluding hydrogens is 310 g/mol. The molecule has 0 bridgehead atoms. The van der Waals surface area contributed by atoms with Crippen molar-refractivity contribution in [2.45, 2.75) is 13.8 Å². The average Bonchev–Trinajstić information content (AvgIpc) is 2.61. The molecule has 1 N–H and O–H groups in total. The summed E-state index contributed by atoms with van der Waals surface area (Å²) in [5.41, 5.74) is 0.966. The highest BCUT2D eigenvalue weighted by Gasteiger charge is 2.17. The highest BCUT2D eigenvalue weighted by Crippen LogP contribution is 2.19. The summed E-state index contributed by atoms with van der Waals surface area (Å²) in [6, 6.07) is 9.33. The molecule has 1 heterocycles. The van der Waals surface area contributed by atoms with E-state index in [1.54, 1.807) is 13.8 Å². The lowest BCUT2D eigenvalue weighted by Gasteiger charge is -2.11. The van der Waals surface area contributed by atoms with Crippen LogP contribution >= 0.6 is 0 Å². The standard InChI is InChI=1S/C17H19N3O4/c1-3-23-14(21)11-19-16-13(17(22)24-4-2)10-18-15(20-16)12-8-6-5-7-9-12/h5-10H,3-4,11H2,1-2H3,(H,18,19,20). The van der Waals surface area contributed by atoms with E-state index in [4.69, 9.17) is 9.47 Å². The fraction of sp³-hybridized carbons (Fsp3) is 0.294. The zero-order chi connectivity index (χ0) is 17.4. The Morgan fingerprint density at radius 2 is 1.79 bits per heavy atom. The maximum Gasteiger partial charge on any atom is 0.343 e. The molecule has 7 nitrogen and oxygen atoms in total. The molecule has 126 valence electrons. The first-order valence-electron chi connectivity index (χ1n) is 7.64. The number of aromatic nitrogens is 2. The first-order chi connectivity index (χ1) is 11.7. The topological polar surface area (TPSA) is 90.4 Å². The maximum atomic E-state index is 12.0. The van der Waals surface area contributed by atoms with Gasteiger partial charge in [-0.15, -0.1) is 0 Å². The molecule has 0 saturated carbocycles. The van der Waals surface area contributed by atoms with Gasteiger partial charge in [-0.25, -0.2) is 14.8 Å². The summed E-state index contributed by atoms with van der Waals surface area (Å²) < 4.78 is 9.86. The molecule has 0 fully saturated rings. The van der Waals surface area contributed by atoms with Crippen molar-refractivity contribution >= 4 is 17.8 Å². The lowest BCUT2D eigenvalue weighted by Crippen LogP contribution is -2.20. The van der Waals surface area contributed by atoms with E-state index in [0.29, 0.717) is 5.82 Å². The molecular formula is C17H19N3O4. The van der Waals surface area contributed by atoms with Crippen molar-refractivity contribution in [1.29, 1.82) is 0 Å². The van der Waals surface area contributed by atoms with Crippen molar-refractivity contribution in [2.75, 3.05) is 25.1 Å². The molecule has 0 aliphatic heterocycles. The molecule has 7 heteroatoms. The van der Waals surface area contributed by atoms with Gasteiger partial charge >= 0.3 is 11.9 Å². The van der Waals surface area contributed by atoms with E-state index < -0.39 is 11.9 Å². The van der Waals surface area contributed by atoms with Crippen LogP contribution in [-0.4, -0.2) is 41.7 Å². The third-order valence-corrected chi connectivity index (χ3v) is 3.02. The Bertz CT molecular complexity index is 704. The fourth-order valence-corrected chi connectivity index (χ4v) is 1.97. The highest BCUT2D eigenvalue weighted by atomic mass is 16.5. The number of ether oxygens (including phenoxy) is 2. The van der Waals surface area contributed by atoms with Crippen LogP contribution in [0.3, 0.4) is 0 Å². The molecule has 2 aromatic rings. The summed E-state index contributed by atoms with van der Waals surface area (Å²) in [7, 11) is 0. The van der Waals surface area contributed by atoms with Gasteiger partial charge in [0, 0.05) is 11.8 Å². The molecule has 0 atom stereocenters. The minimum atomic E-state index is -0.552. The minimum Gasteiger partial charge on any atom is -0.465 e. The highest BCUT2D eigenvalue weighted by molar-refractivity contribution is 5.95. The van der Waals surface area contributed by atoms with Crippen molar-refractivity contribution in [3.8, 4) is 11.4 Å². The van der Waals surface area contributed by atoms with Gasteiger partial charge in [0.15, 0.2) is 5.82 Å². The van der Waals surface area contributed by atoms with Crippen LogP contribution in [0.4, 0.5) is 5.82 Å². The van der Waals surface area contributed by atoms with E-state index in [2.05, 4.69) is 15.3 Å². The molecule has 0 radical (unpaired) electrons. The van der Waals surface area contributed by atoms with E-state index >= 15 is 0 Å². The summed E-state index contributed by atoms with van der Waals surface area (Å²) in [6.07, 6.45) is 1.39. The number of anilines is 1. The Hall–Kier alpha value is -2.96. The number of carbonyl (C=O) groups is 2. The summed E-state index contributed by atoms with van der Waals surface area (Å²) in [4.78, 5) is 32.1. The Kier molecular flexibility index (Phi) is 6.24. The van der Waals surface area contributed by atoms with Crippen LogP contribution in [0.1, 0.15) is 24.2 Å². The van der Waals surface area contributed by atoms with Crippen LogP contribution < -0.4 is 5.32 Å². The minimum absolute atomic E-state index is 0.106. The Morgan fingerprint density at radius 1 is 1.08 bits per heavy atom. The van der Waals surface area contributed by atoms with Crippen LogP contribution in [0.25, 0.3) is 11.4 Å². The van der Waals surface area contributed by atoms with Crippen molar-refractivity contribution in [3.05, 3.63) is 42.1 Å². The van der Waals surface area contributed by atoms with Crippen LogP contribution in [0.2, 0.25) is 0 Å². The predicted octanol–water partition coefficient (Wildman–Crippen LogP) is 2.30. The van der Waals surface area contributed by atoms with Crippen molar-refractivity contribution in [3.63, 3.8) is 0 Å². The molecule has 1 aromatic carbocycles. The number of hydrogen-bond acceptors (Lipinski definition) is 7. The van der Waals surface area contributed by atoms with Crippen LogP contribution in [0.5, 0.6) is 0 Å². The Morgan fingerprint density at radius 3 is 2.46 bits per heavy atom. The zero-order valence-corrected chi connectivity index (χ0v) is 13.6. The van der Waals surface area contributed by atoms with Crippen LogP contribution in [0, 0.1) is 0 Å². The SMILES string of the molecule is CCOC(=O)CNc1nc(-c2ccccc2)ncc1C(=O)OCC. The van der Waals surface area contributed by atoms with Gasteiger partial charge < -0.3 is 14.8 Å². The van der Waals surface area contributed by atoms with Gasteiger partial charge in [-0.05, 0) is 13.8 Å². The van der Waals surface area contributed by atoms with E-state index in [-0.39, 0.29) is 31.1 Å². The molecule has 0 aliphatic rings. The number of hydrogen-bond donors (Lipinski definition) is 1. The van der Waals surface area contributed by atoms with Gasteiger partial charge in [0.2, 0.25) is 0 Å².